The minimum Gasteiger partial charge on any atom is -0.481 e. The van der Waals surface area contributed by atoms with Crippen molar-refractivity contribution in [3.63, 3.8) is 0 Å². The van der Waals surface area contributed by atoms with E-state index in [1.807, 2.05) is 37.3 Å². The minimum atomic E-state index is -0.829. The van der Waals surface area contributed by atoms with Crippen LogP contribution in [0.1, 0.15) is 24.5 Å². The van der Waals surface area contributed by atoms with Gasteiger partial charge in [0.15, 0.2) is 0 Å². The number of allylic oxidation sites excluding steroid dienone is 5. The zero-order valence-corrected chi connectivity index (χ0v) is 12.6. The van der Waals surface area contributed by atoms with Crippen LogP contribution >= 0.6 is 0 Å². The summed E-state index contributed by atoms with van der Waals surface area (Å²) in [6, 6.07) is 5.60. The van der Waals surface area contributed by atoms with Gasteiger partial charge in [0.2, 0.25) is 0 Å². The van der Waals surface area contributed by atoms with Crippen molar-refractivity contribution >= 4 is 11.7 Å². The Morgan fingerprint density at radius 1 is 1.45 bits per heavy atom. The molecule has 1 aromatic rings. The molecule has 0 atom stereocenters. The minimum absolute atomic E-state index is 0.0803. The largest absolute Gasteiger partial charge is 0.481 e. The number of anilines is 1. The van der Waals surface area contributed by atoms with Gasteiger partial charge in [0.05, 0.1) is 12.0 Å². The molecule has 22 heavy (non-hydrogen) atoms. The van der Waals surface area contributed by atoms with Gasteiger partial charge in [-0.2, -0.15) is 0 Å². The maximum Gasteiger partial charge on any atom is 0.303 e. The Bertz CT molecular complexity index is 592. The van der Waals surface area contributed by atoms with E-state index in [1.54, 1.807) is 6.08 Å². The molecule has 1 rings (SSSR count). The van der Waals surface area contributed by atoms with Crippen LogP contribution in [0.5, 0.6) is 0 Å². The van der Waals surface area contributed by atoms with Crippen molar-refractivity contribution in [2.24, 2.45) is 5.84 Å². The van der Waals surface area contributed by atoms with Gasteiger partial charge in [0.1, 0.15) is 0 Å². The highest BCUT2D eigenvalue weighted by Crippen LogP contribution is 2.21. The van der Waals surface area contributed by atoms with Crippen molar-refractivity contribution in [1.29, 1.82) is 0 Å². The van der Waals surface area contributed by atoms with Crippen molar-refractivity contribution in [3.05, 3.63) is 65.5 Å². The van der Waals surface area contributed by atoms with Gasteiger partial charge in [0, 0.05) is 6.42 Å². The lowest BCUT2D eigenvalue weighted by atomic mass is 9.98. The maximum atomic E-state index is 12.2. The molecule has 1 aromatic carbocycles. The topological polar surface area (TPSA) is 75.3 Å². The number of aliphatic carboxylic acids is 1. The van der Waals surface area contributed by atoms with E-state index in [1.165, 1.54) is 6.08 Å². The molecule has 0 heterocycles. The molecule has 0 spiro atoms. The van der Waals surface area contributed by atoms with E-state index in [0.29, 0.717) is 19.2 Å². The number of nitrogens with two attached hydrogens (primary N) is 1. The van der Waals surface area contributed by atoms with Gasteiger partial charge in [-0.3, -0.25) is 10.6 Å². The van der Waals surface area contributed by atoms with Crippen LogP contribution in [-0.2, 0) is 17.6 Å². The number of nitrogens with one attached hydrogen (secondary N) is 1. The Hall–Kier alpha value is -2.40. The van der Waals surface area contributed by atoms with Crippen molar-refractivity contribution in [3.8, 4) is 0 Å². The lowest BCUT2D eigenvalue weighted by Crippen LogP contribution is -2.10. The van der Waals surface area contributed by atoms with E-state index in [9.17, 15) is 9.18 Å². The number of carboxylic acids is 1. The summed E-state index contributed by atoms with van der Waals surface area (Å²) in [5.74, 6) is 4.69. The molecule has 0 radical (unpaired) electrons. The highest BCUT2D eigenvalue weighted by Gasteiger charge is 2.06. The molecular weight excluding hydrogens is 283 g/mol. The van der Waals surface area contributed by atoms with Crippen LogP contribution in [-0.4, -0.2) is 11.1 Å². The number of rotatable bonds is 8. The average Bonchev–Trinajstić information content (AvgIpc) is 2.51. The van der Waals surface area contributed by atoms with Gasteiger partial charge in [-0.05, 0) is 48.6 Å². The fourth-order valence-electron chi connectivity index (χ4n) is 2.11. The number of halogens is 1. The molecule has 0 unspecified atom stereocenters. The molecule has 4 nitrogen and oxygen atoms in total. The third-order valence-corrected chi connectivity index (χ3v) is 3.11. The third-order valence-electron chi connectivity index (χ3n) is 3.11. The van der Waals surface area contributed by atoms with Crippen LogP contribution in [0.25, 0.3) is 0 Å². The third kappa shape index (κ3) is 5.93. The number of carboxylic acid groups (broad SMARTS) is 1. The summed E-state index contributed by atoms with van der Waals surface area (Å²) in [6.07, 6.45) is 8.37. The fraction of sp³-hybridized carbons (Fsp3) is 0.235. The Morgan fingerprint density at radius 3 is 2.82 bits per heavy atom. The first kappa shape index (κ1) is 17.7. The van der Waals surface area contributed by atoms with E-state index in [0.717, 1.165) is 22.4 Å². The van der Waals surface area contributed by atoms with Gasteiger partial charge in [0.25, 0.3) is 0 Å². The van der Waals surface area contributed by atoms with E-state index in [2.05, 4.69) is 5.43 Å². The van der Waals surface area contributed by atoms with E-state index >= 15 is 0 Å². The van der Waals surface area contributed by atoms with E-state index in [-0.39, 0.29) is 6.42 Å². The zero-order chi connectivity index (χ0) is 16.4. The molecule has 0 fully saturated rings. The Kier molecular flexibility index (Phi) is 7.64. The van der Waals surface area contributed by atoms with Crippen LogP contribution in [0, 0.1) is 0 Å². The van der Waals surface area contributed by atoms with Crippen molar-refractivity contribution in [2.45, 2.75) is 26.2 Å². The molecule has 0 bridgehead atoms. The summed E-state index contributed by atoms with van der Waals surface area (Å²) in [5, 5.41) is 8.76. The second-order valence-electron chi connectivity index (χ2n) is 4.77. The van der Waals surface area contributed by atoms with Crippen molar-refractivity contribution < 1.29 is 14.3 Å². The molecule has 0 saturated heterocycles. The Balaban J connectivity index is 3.03. The summed E-state index contributed by atoms with van der Waals surface area (Å²) in [7, 11) is 0. The maximum absolute atomic E-state index is 12.2. The smallest absolute Gasteiger partial charge is 0.303 e. The quantitative estimate of drug-likeness (QED) is 0.390. The first-order valence-electron chi connectivity index (χ1n) is 6.99. The summed E-state index contributed by atoms with van der Waals surface area (Å²) in [4.78, 5) is 10.7. The lowest BCUT2D eigenvalue weighted by Gasteiger charge is -2.12. The van der Waals surface area contributed by atoms with Crippen LogP contribution in [0.15, 0.2) is 54.4 Å². The monoisotopic (exact) mass is 304 g/mol. The highest BCUT2D eigenvalue weighted by molar-refractivity contribution is 5.67. The van der Waals surface area contributed by atoms with E-state index < -0.39 is 5.97 Å². The normalized spacial score (nSPS) is 12.2. The van der Waals surface area contributed by atoms with Crippen LogP contribution in [0.4, 0.5) is 10.1 Å². The number of hydrazine groups is 1. The summed E-state index contributed by atoms with van der Waals surface area (Å²) >= 11 is 0. The molecule has 4 N–H and O–H groups in total. The van der Waals surface area contributed by atoms with E-state index in [4.69, 9.17) is 10.9 Å². The number of hydrogen-bond acceptors (Lipinski definition) is 3. The van der Waals surface area contributed by atoms with Crippen molar-refractivity contribution in [2.75, 3.05) is 5.43 Å². The van der Waals surface area contributed by atoms with Gasteiger partial charge in [-0.25, -0.2) is 4.39 Å². The summed E-state index contributed by atoms with van der Waals surface area (Å²) in [5.41, 5.74) is 6.17. The second-order valence-corrected chi connectivity index (χ2v) is 4.77. The predicted molar refractivity (Wildman–Crippen MR) is 87.1 cm³/mol. The lowest BCUT2D eigenvalue weighted by molar-refractivity contribution is -0.136. The van der Waals surface area contributed by atoms with Gasteiger partial charge < -0.3 is 10.5 Å². The van der Waals surface area contributed by atoms with Gasteiger partial charge >= 0.3 is 5.97 Å². The van der Waals surface area contributed by atoms with Crippen LogP contribution in [0.3, 0.4) is 0 Å². The van der Waals surface area contributed by atoms with Crippen LogP contribution in [0.2, 0.25) is 0 Å². The zero-order valence-electron chi connectivity index (χ0n) is 12.6. The molecule has 5 heteroatoms. The predicted octanol–water partition coefficient (Wildman–Crippen LogP) is 3.52. The molecule has 0 aromatic heterocycles. The number of nitrogen functional groups attached to an aromatic ring is 1. The molecule has 0 saturated carbocycles. The molecule has 118 valence electrons. The van der Waals surface area contributed by atoms with Gasteiger partial charge in [-0.15, -0.1) is 0 Å². The SMILES string of the molecule is C\C=C/C(=C\C=C\F)Cc1cc(CCC(=O)O)ccc1NN. The first-order chi connectivity index (χ1) is 10.6. The van der Waals surface area contributed by atoms with Crippen molar-refractivity contribution in [1.82, 2.24) is 0 Å². The molecule has 0 amide bonds. The fourth-order valence-corrected chi connectivity index (χ4v) is 2.11. The summed E-state index contributed by atoms with van der Waals surface area (Å²) < 4.78 is 12.2. The molecule has 0 aliphatic carbocycles. The molecule has 0 aliphatic rings. The second kappa shape index (κ2) is 9.52. The standard InChI is InChI=1S/C17H21FN2O2/c1-2-4-13(5-3-10-18)11-15-12-14(7-9-17(21)22)6-8-16(15)20-19/h2-6,8,10,12,20H,7,9,11,19H2,1H3,(H,21,22)/b4-2-,10-3+,13-5+. The first-order valence-corrected chi connectivity index (χ1v) is 6.99. The van der Waals surface area contributed by atoms with Crippen LogP contribution < -0.4 is 11.3 Å². The Morgan fingerprint density at radius 2 is 2.23 bits per heavy atom. The molecule has 0 aliphatic heterocycles. The number of aryl methyl sites for hydroxylation is 1. The summed E-state index contributed by atoms with van der Waals surface area (Å²) in [6.45, 7) is 1.89. The number of hydrogen-bond donors (Lipinski definition) is 3. The highest BCUT2D eigenvalue weighted by atomic mass is 19.1. The average molecular weight is 304 g/mol. The van der Waals surface area contributed by atoms with Gasteiger partial charge in [-0.1, -0.05) is 30.4 Å². The molecular formula is C17H21FN2O2. The Labute approximate surface area is 129 Å². The number of benzene rings is 1. The number of carbonyl (C=O) groups is 1.